The van der Waals surface area contributed by atoms with Crippen LogP contribution in [0, 0.1) is 0 Å². The molecule has 0 aromatic rings. The monoisotopic (exact) mass is 336 g/mol. The number of nitrogens with zero attached hydrogens (tertiary/aromatic N) is 1. The number of amides is 2. The zero-order valence-electron chi connectivity index (χ0n) is 12.7. The van der Waals surface area contributed by atoms with Gasteiger partial charge in [-0.05, 0) is 41.5 Å². The maximum atomic E-state index is 11.8. The molecule has 0 saturated heterocycles. The average Bonchev–Trinajstić information content (AvgIpc) is 2.19. The van der Waals surface area contributed by atoms with Crippen molar-refractivity contribution in [1.82, 2.24) is 10.2 Å². The molecule has 0 aliphatic carbocycles. The second-order valence-corrected chi connectivity index (χ2v) is 6.84. The summed E-state index contributed by atoms with van der Waals surface area (Å²) in [6.07, 6.45) is -0.465. The van der Waals surface area contributed by atoms with Crippen molar-refractivity contribution >= 4 is 27.9 Å². The van der Waals surface area contributed by atoms with Crippen LogP contribution < -0.4 is 5.32 Å². The number of alkyl halides is 1. The molecule has 0 fully saturated rings. The molecule has 0 bridgehead atoms. The number of carbonyl (C=O) groups is 2. The van der Waals surface area contributed by atoms with Crippen LogP contribution in [0.25, 0.3) is 0 Å². The Kier molecular flexibility index (Phi) is 6.83. The van der Waals surface area contributed by atoms with Crippen molar-refractivity contribution in [3.8, 4) is 0 Å². The number of carbonyl (C=O) groups excluding carboxylic acids is 2. The Morgan fingerprint density at radius 1 is 1.16 bits per heavy atom. The highest BCUT2D eigenvalue weighted by Gasteiger charge is 2.25. The summed E-state index contributed by atoms with van der Waals surface area (Å²) >= 11 is 3.17. The first-order chi connectivity index (χ1) is 8.47. The van der Waals surface area contributed by atoms with Gasteiger partial charge in [0.05, 0.1) is 5.33 Å². The van der Waals surface area contributed by atoms with Crippen molar-refractivity contribution in [3.63, 3.8) is 0 Å². The van der Waals surface area contributed by atoms with Gasteiger partial charge in [0.25, 0.3) is 0 Å². The molecule has 0 radical (unpaired) electrons. The molecule has 6 heteroatoms. The lowest BCUT2D eigenvalue weighted by molar-refractivity contribution is -0.132. The van der Waals surface area contributed by atoms with Crippen LogP contribution in [0.1, 0.15) is 41.5 Å². The van der Waals surface area contributed by atoms with E-state index in [1.807, 2.05) is 41.5 Å². The van der Waals surface area contributed by atoms with Gasteiger partial charge in [0.15, 0.2) is 0 Å². The fourth-order valence-corrected chi connectivity index (χ4v) is 1.79. The molecule has 0 spiro atoms. The van der Waals surface area contributed by atoms with Gasteiger partial charge in [-0.15, -0.1) is 0 Å². The van der Waals surface area contributed by atoms with Crippen LogP contribution in [0.3, 0.4) is 0 Å². The highest BCUT2D eigenvalue weighted by Crippen LogP contribution is 2.13. The van der Waals surface area contributed by atoms with E-state index in [9.17, 15) is 9.59 Å². The van der Waals surface area contributed by atoms with Crippen molar-refractivity contribution in [2.75, 3.05) is 18.4 Å². The number of hydrogen-bond acceptors (Lipinski definition) is 3. The van der Waals surface area contributed by atoms with Crippen molar-refractivity contribution in [1.29, 1.82) is 0 Å². The van der Waals surface area contributed by atoms with E-state index in [2.05, 4.69) is 21.2 Å². The molecule has 0 aliphatic rings. The molecule has 112 valence electrons. The Balaban J connectivity index is 4.29. The zero-order chi connectivity index (χ0) is 15.3. The number of ether oxygens (including phenoxy) is 1. The molecule has 0 unspecified atom stereocenters. The molecule has 0 aliphatic heterocycles. The van der Waals surface area contributed by atoms with E-state index in [0.717, 1.165) is 0 Å². The molecule has 0 aromatic heterocycles. The minimum atomic E-state index is -0.514. The van der Waals surface area contributed by atoms with Crippen molar-refractivity contribution in [2.45, 2.75) is 52.7 Å². The van der Waals surface area contributed by atoms with Crippen molar-refractivity contribution in [2.24, 2.45) is 0 Å². The maximum Gasteiger partial charge on any atom is 0.407 e. The molecule has 5 nitrogen and oxygen atoms in total. The average molecular weight is 337 g/mol. The summed E-state index contributed by atoms with van der Waals surface area (Å²) < 4.78 is 5.13. The van der Waals surface area contributed by atoms with Crippen LogP contribution in [-0.4, -0.2) is 46.5 Å². The smallest absolute Gasteiger partial charge is 0.407 e. The van der Waals surface area contributed by atoms with Crippen LogP contribution in [0.5, 0.6) is 0 Å². The molecule has 0 heterocycles. The quantitative estimate of drug-likeness (QED) is 0.802. The number of hydrogen-bond donors (Lipinski definition) is 1. The summed E-state index contributed by atoms with van der Waals surface area (Å²) in [5.74, 6) is -0.00140. The van der Waals surface area contributed by atoms with Gasteiger partial charge in [0.2, 0.25) is 5.91 Å². The fourth-order valence-electron chi connectivity index (χ4n) is 1.49. The maximum absolute atomic E-state index is 11.8. The summed E-state index contributed by atoms with van der Waals surface area (Å²) in [4.78, 5) is 25.0. The van der Waals surface area contributed by atoms with E-state index in [4.69, 9.17) is 4.74 Å². The third-order valence-electron chi connectivity index (χ3n) is 2.23. The first-order valence-electron chi connectivity index (χ1n) is 6.30. The molecule has 0 aromatic carbocycles. The number of alkyl carbamates (subject to hydrolysis) is 1. The molecule has 0 rings (SSSR count). The summed E-state index contributed by atoms with van der Waals surface area (Å²) in [5.41, 5.74) is -0.792. The lowest BCUT2D eigenvalue weighted by Crippen LogP contribution is -2.49. The highest BCUT2D eigenvalue weighted by atomic mass is 79.9. The van der Waals surface area contributed by atoms with Crippen LogP contribution in [0.2, 0.25) is 0 Å². The summed E-state index contributed by atoms with van der Waals surface area (Å²) in [5, 5.41) is 2.92. The van der Waals surface area contributed by atoms with Crippen molar-refractivity contribution < 1.29 is 14.3 Å². The summed E-state index contributed by atoms with van der Waals surface area (Å²) in [6, 6.07) is 0. The van der Waals surface area contributed by atoms with Gasteiger partial charge < -0.3 is 15.0 Å². The molecule has 2 amide bonds. The van der Waals surface area contributed by atoms with Crippen LogP contribution >= 0.6 is 15.9 Å². The largest absolute Gasteiger partial charge is 0.444 e. The topological polar surface area (TPSA) is 58.6 Å². The normalized spacial score (nSPS) is 11.9. The second-order valence-electron chi connectivity index (χ2n) is 6.28. The van der Waals surface area contributed by atoms with Crippen LogP contribution in [0.4, 0.5) is 4.79 Å². The van der Waals surface area contributed by atoms with E-state index >= 15 is 0 Å². The van der Waals surface area contributed by atoms with Crippen LogP contribution in [-0.2, 0) is 9.53 Å². The van der Waals surface area contributed by atoms with E-state index in [1.54, 1.807) is 4.90 Å². The van der Waals surface area contributed by atoms with Gasteiger partial charge in [0, 0.05) is 18.6 Å². The molecule has 0 saturated carbocycles. The van der Waals surface area contributed by atoms with Crippen LogP contribution in [0.15, 0.2) is 0 Å². The van der Waals surface area contributed by atoms with Gasteiger partial charge in [-0.2, -0.15) is 0 Å². The van der Waals surface area contributed by atoms with Gasteiger partial charge in [-0.1, -0.05) is 15.9 Å². The third kappa shape index (κ3) is 8.08. The molecular weight excluding hydrogens is 312 g/mol. The SMILES string of the molecule is CC(C)(C)OC(=O)NCCN(C(=O)CBr)C(C)(C)C. The summed E-state index contributed by atoms with van der Waals surface area (Å²) in [7, 11) is 0. The molecular formula is C13H25BrN2O3. The second kappa shape index (κ2) is 7.12. The number of nitrogens with one attached hydrogen (secondary N) is 1. The van der Waals surface area contributed by atoms with E-state index < -0.39 is 11.7 Å². The van der Waals surface area contributed by atoms with E-state index in [1.165, 1.54) is 0 Å². The van der Waals surface area contributed by atoms with Gasteiger partial charge in [0.1, 0.15) is 5.60 Å². The predicted octanol–water partition coefficient (Wildman–Crippen LogP) is 2.53. The van der Waals surface area contributed by atoms with E-state index in [0.29, 0.717) is 13.1 Å². The number of rotatable bonds is 4. The van der Waals surface area contributed by atoms with Gasteiger partial charge in [-0.3, -0.25) is 4.79 Å². The highest BCUT2D eigenvalue weighted by molar-refractivity contribution is 9.09. The lowest BCUT2D eigenvalue weighted by Gasteiger charge is -2.35. The Labute approximate surface area is 124 Å². The number of halogens is 1. The summed E-state index contributed by atoms with van der Waals surface area (Å²) in [6.45, 7) is 12.1. The Morgan fingerprint density at radius 3 is 2.05 bits per heavy atom. The Hall–Kier alpha value is -0.780. The Morgan fingerprint density at radius 2 is 1.68 bits per heavy atom. The fraction of sp³-hybridized carbons (Fsp3) is 0.846. The zero-order valence-corrected chi connectivity index (χ0v) is 14.3. The predicted molar refractivity (Wildman–Crippen MR) is 79.5 cm³/mol. The minimum Gasteiger partial charge on any atom is -0.444 e. The van der Waals surface area contributed by atoms with Crippen molar-refractivity contribution in [3.05, 3.63) is 0 Å². The van der Waals surface area contributed by atoms with E-state index in [-0.39, 0.29) is 16.8 Å². The minimum absolute atomic E-state index is 0.00140. The molecule has 1 N–H and O–H groups in total. The van der Waals surface area contributed by atoms with Gasteiger partial charge in [-0.25, -0.2) is 4.79 Å². The Bertz CT molecular complexity index is 319. The lowest BCUT2D eigenvalue weighted by atomic mass is 10.1. The molecule has 0 atom stereocenters. The van der Waals surface area contributed by atoms with Gasteiger partial charge >= 0.3 is 6.09 Å². The third-order valence-corrected chi connectivity index (χ3v) is 2.71. The first-order valence-corrected chi connectivity index (χ1v) is 7.43. The first kappa shape index (κ1) is 18.2. The standard InChI is InChI=1S/C13H25BrN2O3/c1-12(2,3)16(10(17)9-14)8-7-15-11(18)19-13(4,5)6/h7-9H2,1-6H3,(H,15,18). The molecule has 19 heavy (non-hydrogen) atoms.